The van der Waals surface area contributed by atoms with Gasteiger partial charge in [0.15, 0.2) is 0 Å². The first-order valence-electron chi connectivity index (χ1n) is 5.61. The molecule has 0 spiro atoms. The summed E-state index contributed by atoms with van der Waals surface area (Å²) in [5, 5.41) is 0.685. The third-order valence-corrected chi connectivity index (χ3v) is 2.78. The van der Waals surface area contributed by atoms with Gasteiger partial charge in [-0.15, -0.1) is 11.6 Å². The standard InChI is InChI=1S/C13H17Cl2NO/c1-10(2)8-16(13(17)7-14)9-11-4-3-5-12(15)6-11/h3-6,10H,7-9H2,1-2H3. The second-order valence-corrected chi connectivity index (χ2v) is 5.14. The number of carbonyl (C=O) groups excluding carboxylic acids is 1. The third-order valence-electron chi connectivity index (χ3n) is 2.32. The molecule has 0 radical (unpaired) electrons. The molecule has 0 aromatic heterocycles. The van der Waals surface area contributed by atoms with Crippen LogP contribution in [-0.4, -0.2) is 23.2 Å². The highest BCUT2D eigenvalue weighted by molar-refractivity contribution is 6.30. The molecular formula is C13H17Cl2NO. The second kappa shape index (κ2) is 6.87. The van der Waals surface area contributed by atoms with Crippen molar-refractivity contribution in [2.45, 2.75) is 20.4 Å². The van der Waals surface area contributed by atoms with Crippen molar-refractivity contribution in [3.05, 3.63) is 34.9 Å². The summed E-state index contributed by atoms with van der Waals surface area (Å²) in [5.41, 5.74) is 1.02. The van der Waals surface area contributed by atoms with E-state index in [2.05, 4.69) is 13.8 Å². The first kappa shape index (κ1) is 14.3. The van der Waals surface area contributed by atoms with Gasteiger partial charge in [-0.1, -0.05) is 37.6 Å². The van der Waals surface area contributed by atoms with Gasteiger partial charge in [-0.05, 0) is 23.6 Å². The van der Waals surface area contributed by atoms with Gasteiger partial charge in [-0.2, -0.15) is 0 Å². The van der Waals surface area contributed by atoms with Crippen molar-refractivity contribution in [2.75, 3.05) is 12.4 Å². The molecule has 4 heteroatoms. The zero-order chi connectivity index (χ0) is 12.8. The lowest BCUT2D eigenvalue weighted by Gasteiger charge is -2.24. The van der Waals surface area contributed by atoms with Crippen LogP contribution in [-0.2, 0) is 11.3 Å². The molecule has 0 aliphatic carbocycles. The minimum Gasteiger partial charge on any atom is -0.337 e. The van der Waals surface area contributed by atoms with E-state index in [4.69, 9.17) is 23.2 Å². The van der Waals surface area contributed by atoms with Crippen LogP contribution in [0.4, 0.5) is 0 Å². The maximum atomic E-state index is 11.7. The molecule has 0 atom stereocenters. The van der Waals surface area contributed by atoms with E-state index in [1.165, 1.54) is 0 Å². The fraction of sp³-hybridized carbons (Fsp3) is 0.462. The van der Waals surface area contributed by atoms with Gasteiger partial charge in [0.05, 0.1) is 0 Å². The van der Waals surface area contributed by atoms with Gasteiger partial charge in [-0.3, -0.25) is 4.79 Å². The molecule has 0 unspecified atom stereocenters. The molecule has 1 aromatic carbocycles. The topological polar surface area (TPSA) is 20.3 Å². The van der Waals surface area contributed by atoms with Crippen LogP contribution >= 0.6 is 23.2 Å². The smallest absolute Gasteiger partial charge is 0.237 e. The number of rotatable bonds is 5. The van der Waals surface area contributed by atoms with Gasteiger partial charge in [0.2, 0.25) is 5.91 Å². The van der Waals surface area contributed by atoms with Crippen LogP contribution in [0.3, 0.4) is 0 Å². The maximum Gasteiger partial charge on any atom is 0.237 e. The van der Waals surface area contributed by atoms with Crippen LogP contribution in [0.25, 0.3) is 0 Å². The highest BCUT2D eigenvalue weighted by Gasteiger charge is 2.14. The van der Waals surface area contributed by atoms with Crippen LogP contribution in [0.5, 0.6) is 0 Å². The Morgan fingerprint density at radius 2 is 2.12 bits per heavy atom. The molecule has 1 amide bonds. The van der Waals surface area contributed by atoms with Gasteiger partial charge >= 0.3 is 0 Å². The SMILES string of the molecule is CC(C)CN(Cc1cccc(Cl)c1)C(=O)CCl. The predicted molar refractivity (Wildman–Crippen MR) is 72.4 cm³/mol. The molecule has 0 heterocycles. The largest absolute Gasteiger partial charge is 0.337 e. The molecule has 0 saturated carbocycles. The first-order valence-corrected chi connectivity index (χ1v) is 6.52. The predicted octanol–water partition coefficient (Wildman–Crippen LogP) is 3.56. The van der Waals surface area contributed by atoms with E-state index in [0.29, 0.717) is 24.0 Å². The van der Waals surface area contributed by atoms with Crippen molar-refractivity contribution >= 4 is 29.1 Å². The van der Waals surface area contributed by atoms with Crippen molar-refractivity contribution in [2.24, 2.45) is 5.92 Å². The molecule has 0 fully saturated rings. The van der Waals surface area contributed by atoms with Crippen molar-refractivity contribution in [1.82, 2.24) is 4.90 Å². The fourth-order valence-electron chi connectivity index (χ4n) is 1.64. The van der Waals surface area contributed by atoms with Crippen molar-refractivity contribution in [3.63, 3.8) is 0 Å². The molecule has 1 rings (SSSR count). The zero-order valence-corrected chi connectivity index (χ0v) is 11.6. The van der Waals surface area contributed by atoms with Gasteiger partial charge in [0.1, 0.15) is 5.88 Å². The number of nitrogens with zero attached hydrogens (tertiary/aromatic N) is 1. The Morgan fingerprint density at radius 1 is 1.41 bits per heavy atom. The van der Waals surface area contributed by atoms with Gasteiger partial charge in [0, 0.05) is 18.1 Å². The minimum atomic E-state index is -0.0413. The van der Waals surface area contributed by atoms with E-state index < -0.39 is 0 Å². The highest BCUT2D eigenvalue weighted by atomic mass is 35.5. The Hall–Kier alpha value is -0.730. The monoisotopic (exact) mass is 273 g/mol. The number of hydrogen-bond donors (Lipinski definition) is 0. The average Bonchev–Trinajstić information content (AvgIpc) is 2.26. The molecule has 0 aliphatic rings. The molecule has 1 aromatic rings. The van der Waals surface area contributed by atoms with Gasteiger partial charge in [0.25, 0.3) is 0 Å². The summed E-state index contributed by atoms with van der Waals surface area (Å²) in [7, 11) is 0. The van der Waals surface area contributed by atoms with Crippen molar-refractivity contribution in [1.29, 1.82) is 0 Å². The second-order valence-electron chi connectivity index (χ2n) is 4.43. The Labute approximate surface area is 113 Å². The maximum absolute atomic E-state index is 11.7. The van der Waals surface area contributed by atoms with Gasteiger partial charge in [-0.25, -0.2) is 0 Å². The molecule has 94 valence electrons. The summed E-state index contributed by atoms with van der Waals surface area (Å²) in [5.74, 6) is 0.398. The molecule has 0 aliphatic heterocycles. The van der Waals surface area contributed by atoms with Crippen LogP contribution < -0.4 is 0 Å². The molecule has 0 bridgehead atoms. The van der Waals surface area contributed by atoms with Crippen molar-refractivity contribution < 1.29 is 4.79 Å². The summed E-state index contributed by atoms with van der Waals surface area (Å²) in [6.07, 6.45) is 0. The highest BCUT2D eigenvalue weighted by Crippen LogP contribution is 2.14. The van der Waals surface area contributed by atoms with E-state index in [1.807, 2.05) is 24.3 Å². The van der Waals surface area contributed by atoms with Crippen LogP contribution in [0.2, 0.25) is 5.02 Å². The Balaban J connectivity index is 2.75. The lowest BCUT2D eigenvalue weighted by Crippen LogP contribution is -2.34. The van der Waals surface area contributed by atoms with E-state index in [0.717, 1.165) is 5.56 Å². The number of carbonyl (C=O) groups is 1. The summed E-state index contributed by atoms with van der Waals surface area (Å²) in [6.45, 7) is 5.42. The number of alkyl halides is 1. The van der Waals surface area contributed by atoms with E-state index in [9.17, 15) is 4.79 Å². The normalized spacial score (nSPS) is 10.6. The van der Waals surface area contributed by atoms with Crippen molar-refractivity contribution in [3.8, 4) is 0 Å². The Bertz CT molecular complexity index is 379. The number of benzene rings is 1. The molecular weight excluding hydrogens is 257 g/mol. The average molecular weight is 274 g/mol. The summed E-state index contributed by atoms with van der Waals surface area (Å²) >= 11 is 11.5. The summed E-state index contributed by atoms with van der Waals surface area (Å²) < 4.78 is 0. The third kappa shape index (κ3) is 4.97. The Kier molecular flexibility index (Phi) is 5.79. The zero-order valence-electron chi connectivity index (χ0n) is 10.1. The van der Waals surface area contributed by atoms with E-state index in [1.54, 1.807) is 4.90 Å². The molecule has 17 heavy (non-hydrogen) atoms. The summed E-state index contributed by atoms with van der Waals surface area (Å²) in [6, 6.07) is 7.54. The molecule has 0 saturated heterocycles. The lowest BCUT2D eigenvalue weighted by molar-refractivity contribution is -0.129. The number of amides is 1. The lowest BCUT2D eigenvalue weighted by atomic mass is 10.1. The van der Waals surface area contributed by atoms with Gasteiger partial charge < -0.3 is 4.90 Å². The Morgan fingerprint density at radius 3 is 2.65 bits per heavy atom. The minimum absolute atomic E-state index is 0.0211. The van der Waals surface area contributed by atoms with E-state index in [-0.39, 0.29) is 11.8 Å². The van der Waals surface area contributed by atoms with Crippen LogP contribution in [0, 0.1) is 5.92 Å². The van der Waals surface area contributed by atoms with E-state index >= 15 is 0 Å². The van der Waals surface area contributed by atoms with Crippen LogP contribution in [0.1, 0.15) is 19.4 Å². The number of hydrogen-bond acceptors (Lipinski definition) is 1. The first-order chi connectivity index (χ1) is 8.02. The summed E-state index contributed by atoms with van der Waals surface area (Å²) in [4.78, 5) is 13.5. The quantitative estimate of drug-likeness (QED) is 0.752. The molecule has 2 nitrogen and oxygen atoms in total. The fourth-order valence-corrected chi connectivity index (χ4v) is 2.02. The van der Waals surface area contributed by atoms with Crippen LogP contribution in [0.15, 0.2) is 24.3 Å². The number of halogens is 2. The molecule has 0 N–H and O–H groups in total.